The van der Waals surface area contributed by atoms with E-state index in [1.807, 2.05) is 18.2 Å². The fraction of sp³-hybridized carbons (Fsp3) is 0.556. The van der Waals surface area contributed by atoms with E-state index in [-0.39, 0.29) is 17.7 Å². The van der Waals surface area contributed by atoms with Gasteiger partial charge in [0.2, 0.25) is 0 Å². The predicted molar refractivity (Wildman–Crippen MR) is 48.0 cm³/mol. The lowest BCUT2D eigenvalue weighted by Gasteiger charge is -2.32. The van der Waals surface area contributed by atoms with Gasteiger partial charge in [-0.15, -0.1) is 0 Å². The highest BCUT2D eigenvalue weighted by molar-refractivity contribution is 5.29. The molecule has 3 nitrogen and oxygen atoms in total. The van der Waals surface area contributed by atoms with Crippen molar-refractivity contribution in [1.82, 2.24) is 6.15 Å². The molecule has 0 aromatic carbocycles. The first-order valence-electron chi connectivity index (χ1n) is 4.14. The molecule has 0 bridgehead atoms. The first-order chi connectivity index (χ1) is 5.23. The summed E-state index contributed by atoms with van der Waals surface area (Å²) in [5.41, 5.74) is 11.8. The van der Waals surface area contributed by atoms with Crippen LogP contribution in [0.15, 0.2) is 24.3 Å². The number of hydrogen-bond acceptors (Lipinski definition) is 2. The summed E-state index contributed by atoms with van der Waals surface area (Å²) >= 11 is 0. The van der Waals surface area contributed by atoms with Gasteiger partial charge in [0.05, 0.1) is 5.54 Å². The first kappa shape index (κ1) is 9.45. The summed E-state index contributed by atoms with van der Waals surface area (Å²) in [6, 6.07) is 0.0139. The zero-order valence-electron chi connectivity index (χ0n) is 6.98. The van der Waals surface area contributed by atoms with Gasteiger partial charge in [0.1, 0.15) is 0 Å². The maximum atomic E-state index is 6.14. The summed E-state index contributed by atoms with van der Waals surface area (Å²) in [6.07, 6.45) is 10.5. The molecule has 1 fully saturated rings. The van der Waals surface area contributed by atoms with Crippen LogP contribution >= 0.6 is 0 Å². The van der Waals surface area contributed by atoms with E-state index in [1.54, 1.807) is 0 Å². The first-order valence-corrected chi connectivity index (χ1v) is 4.14. The Kier molecular flexibility index (Phi) is 2.37. The standard InChI is InChI=1S/C9H14N2.N/c10-8-3-1-2-6-9(8,11)7-4-5-7;/h1-3,6-8H,4-5,10-11H2;. The van der Waals surface area contributed by atoms with Crippen molar-refractivity contribution in [3.05, 3.63) is 24.3 Å². The molecule has 3 radical (unpaired) electrons. The van der Waals surface area contributed by atoms with E-state index < -0.39 is 0 Å². The van der Waals surface area contributed by atoms with Crippen molar-refractivity contribution >= 4 is 0 Å². The molecule has 3 heteroatoms. The molecule has 2 aliphatic carbocycles. The molecule has 2 aliphatic rings. The summed E-state index contributed by atoms with van der Waals surface area (Å²) in [4.78, 5) is 0. The van der Waals surface area contributed by atoms with Crippen LogP contribution in [0.4, 0.5) is 0 Å². The molecular formula is C9H14N3. The lowest BCUT2D eigenvalue weighted by molar-refractivity contribution is 0.414. The van der Waals surface area contributed by atoms with Crippen LogP contribution in [0.2, 0.25) is 0 Å². The Hall–Kier alpha value is -0.640. The van der Waals surface area contributed by atoms with Crippen molar-refractivity contribution in [3.63, 3.8) is 0 Å². The molecule has 65 valence electrons. The molecule has 0 heterocycles. The third kappa shape index (κ3) is 1.31. The van der Waals surface area contributed by atoms with Gasteiger partial charge in [-0.05, 0) is 18.8 Å². The molecule has 0 saturated heterocycles. The molecule has 0 aliphatic heterocycles. The van der Waals surface area contributed by atoms with Crippen LogP contribution in [0, 0.1) is 5.92 Å². The Morgan fingerprint density at radius 3 is 2.42 bits per heavy atom. The highest BCUT2D eigenvalue weighted by Gasteiger charge is 2.44. The summed E-state index contributed by atoms with van der Waals surface area (Å²) in [5, 5.41) is 0. The molecule has 0 amide bonds. The van der Waals surface area contributed by atoms with Gasteiger partial charge in [-0.1, -0.05) is 24.3 Å². The normalized spacial score (nSPS) is 39.3. The van der Waals surface area contributed by atoms with E-state index >= 15 is 0 Å². The molecule has 2 atom stereocenters. The van der Waals surface area contributed by atoms with Crippen molar-refractivity contribution in [2.24, 2.45) is 17.4 Å². The van der Waals surface area contributed by atoms with Gasteiger partial charge in [-0.25, -0.2) is 0 Å². The number of hydrogen-bond donors (Lipinski definition) is 2. The SMILES string of the molecule is NC1C=CC=CC1(N)C1CC1.[N]. The number of nitrogens with two attached hydrogens (primary N) is 2. The van der Waals surface area contributed by atoms with Crippen LogP contribution in [0.25, 0.3) is 0 Å². The monoisotopic (exact) mass is 164 g/mol. The molecule has 0 aromatic rings. The van der Waals surface area contributed by atoms with Crippen LogP contribution in [0.3, 0.4) is 0 Å². The van der Waals surface area contributed by atoms with Crippen LogP contribution in [-0.2, 0) is 0 Å². The van der Waals surface area contributed by atoms with E-state index in [0.29, 0.717) is 5.92 Å². The Morgan fingerprint density at radius 1 is 1.25 bits per heavy atom. The van der Waals surface area contributed by atoms with Crippen molar-refractivity contribution in [2.45, 2.75) is 24.4 Å². The molecule has 0 spiro atoms. The second-order valence-corrected chi connectivity index (χ2v) is 3.54. The minimum atomic E-state index is -0.241. The Labute approximate surface area is 73.1 Å². The fourth-order valence-corrected chi connectivity index (χ4v) is 1.68. The van der Waals surface area contributed by atoms with E-state index in [2.05, 4.69) is 6.08 Å². The fourth-order valence-electron chi connectivity index (χ4n) is 1.68. The molecular weight excluding hydrogens is 150 g/mol. The van der Waals surface area contributed by atoms with E-state index in [4.69, 9.17) is 11.5 Å². The van der Waals surface area contributed by atoms with Crippen molar-refractivity contribution in [1.29, 1.82) is 0 Å². The third-order valence-corrected chi connectivity index (χ3v) is 2.68. The van der Waals surface area contributed by atoms with Gasteiger partial charge in [0, 0.05) is 12.2 Å². The van der Waals surface area contributed by atoms with Crippen molar-refractivity contribution in [3.8, 4) is 0 Å². The molecule has 1 saturated carbocycles. The van der Waals surface area contributed by atoms with Gasteiger partial charge in [-0.2, -0.15) is 0 Å². The second kappa shape index (κ2) is 3.01. The second-order valence-electron chi connectivity index (χ2n) is 3.54. The van der Waals surface area contributed by atoms with Crippen LogP contribution in [0.1, 0.15) is 12.8 Å². The van der Waals surface area contributed by atoms with Crippen LogP contribution in [0.5, 0.6) is 0 Å². The highest BCUT2D eigenvalue weighted by Crippen LogP contribution is 2.41. The van der Waals surface area contributed by atoms with E-state index in [1.165, 1.54) is 12.8 Å². The summed E-state index contributed by atoms with van der Waals surface area (Å²) in [5.74, 6) is 0.624. The number of nitrogens with zero attached hydrogens (tertiary/aromatic N) is 1. The zero-order chi connectivity index (χ0) is 7.90. The maximum Gasteiger partial charge on any atom is 0.0560 e. The zero-order valence-corrected chi connectivity index (χ0v) is 6.98. The summed E-state index contributed by atoms with van der Waals surface area (Å²) in [6.45, 7) is 0. The van der Waals surface area contributed by atoms with Gasteiger partial charge in [0.25, 0.3) is 0 Å². The van der Waals surface area contributed by atoms with Crippen molar-refractivity contribution in [2.75, 3.05) is 0 Å². The maximum absolute atomic E-state index is 6.14. The van der Waals surface area contributed by atoms with Crippen LogP contribution in [-0.4, -0.2) is 11.6 Å². The summed E-state index contributed by atoms with van der Waals surface area (Å²) < 4.78 is 0. The summed E-state index contributed by atoms with van der Waals surface area (Å²) in [7, 11) is 0. The minimum Gasteiger partial charge on any atom is -0.323 e. The average molecular weight is 164 g/mol. The van der Waals surface area contributed by atoms with Gasteiger partial charge >= 0.3 is 0 Å². The van der Waals surface area contributed by atoms with E-state index in [0.717, 1.165) is 0 Å². The average Bonchev–Trinajstić information content (AvgIpc) is 2.77. The Balaban J connectivity index is 0.000000720. The molecule has 2 unspecified atom stereocenters. The Morgan fingerprint density at radius 2 is 1.92 bits per heavy atom. The minimum absolute atomic E-state index is 0. The lowest BCUT2D eigenvalue weighted by Crippen LogP contribution is -2.55. The van der Waals surface area contributed by atoms with Gasteiger partial charge < -0.3 is 11.5 Å². The molecule has 2 rings (SSSR count). The third-order valence-electron chi connectivity index (χ3n) is 2.68. The smallest absolute Gasteiger partial charge is 0.0560 e. The van der Waals surface area contributed by atoms with Gasteiger partial charge in [-0.3, -0.25) is 0 Å². The molecule has 0 aromatic heterocycles. The highest BCUT2D eigenvalue weighted by atomic mass is 14.9. The molecule has 12 heavy (non-hydrogen) atoms. The largest absolute Gasteiger partial charge is 0.323 e. The number of allylic oxidation sites excluding steroid dienone is 2. The quantitative estimate of drug-likeness (QED) is 0.574. The number of rotatable bonds is 1. The lowest BCUT2D eigenvalue weighted by atomic mass is 9.83. The van der Waals surface area contributed by atoms with E-state index in [9.17, 15) is 0 Å². The Bertz CT molecular complexity index is 218. The predicted octanol–water partition coefficient (Wildman–Crippen LogP) is 0.0666. The van der Waals surface area contributed by atoms with Crippen molar-refractivity contribution < 1.29 is 0 Å². The van der Waals surface area contributed by atoms with Crippen LogP contribution < -0.4 is 17.6 Å². The molecule has 4 N–H and O–H groups in total. The topological polar surface area (TPSA) is 82.5 Å². The van der Waals surface area contributed by atoms with Gasteiger partial charge in [0.15, 0.2) is 0 Å².